The van der Waals surface area contributed by atoms with Crippen LogP contribution >= 0.6 is 0 Å². The second-order valence-corrected chi connectivity index (χ2v) is 6.48. The zero-order valence-corrected chi connectivity index (χ0v) is 12.9. The summed E-state index contributed by atoms with van der Waals surface area (Å²) in [6.45, 7) is 5.34. The van der Waals surface area contributed by atoms with Gasteiger partial charge in [0.1, 0.15) is 0 Å². The van der Waals surface area contributed by atoms with Crippen LogP contribution in [-0.2, 0) is 4.79 Å². The maximum absolute atomic E-state index is 12.1. The molecule has 2 aliphatic heterocycles. The molecule has 0 radical (unpaired) electrons. The summed E-state index contributed by atoms with van der Waals surface area (Å²) in [5.41, 5.74) is 5.65. The number of hydrogen-bond acceptors (Lipinski definition) is 3. The molecule has 0 aromatic carbocycles. The highest BCUT2D eigenvalue weighted by Gasteiger charge is 2.37. The lowest BCUT2D eigenvalue weighted by molar-refractivity contribution is -0.122. The standard InChI is InChI=1S/C16H31N3O/c1-2-4-13(8-10-17)6-7-16(20)18-14-9-12-19-11-3-5-15(14)19/h13-15H,2-12,17H2,1H3,(H,18,20). The first-order valence-corrected chi connectivity index (χ1v) is 8.48. The predicted molar refractivity (Wildman–Crippen MR) is 82.4 cm³/mol. The van der Waals surface area contributed by atoms with E-state index in [1.54, 1.807) is 0 Å². The van der Waals surface area contributed by atoms with Gasteiger partial charge in [-0.1, -0.05) is 19.8 Å². The normalized spacial score (nSPS) is 27.5. The highest BCUT2D eigenvalue weighted by Crippen LogP contribution is 2.28. The third-order valence-electron chi connectivity index (χ3n) is 5.00. The number of nitrogens with one attached hydrogen (secondary N) is 1. The van der Waals surface area contributed by atoms with E-state index in [0.29, 0.717) is 24.4 Å². The number of hydrogen-bond donors (Lipinski definition) is 2. The maximum Gasteiger partial charge on any atom is 0.220 e. The van der Waals surface area contributed by atoms with Crippen molar-refractivity contribution < 1.29 is 4.79 Å². The summed E-state index contributed by atoms with van der Waals surface area (Å²) in [6.07, 6.45) is 8.81. The van der Waals surface area contributed by atoms with E-state index in [0.717, 1.165) is 25.8 Å². The molecule has 116 valence electrons. The van der Waals surface area contributed by atoms with E-state index in [-0.39, 0.29) is 5.91 Å². The summed E-state index contributed by atoms with van der Waals surface area (Å²) < 4.78 is 0. The van der Waals surface area contributed by atoms with Gasteiger partial charge in [-0.3, -0.25) is 9.69 Å². The Bertz CT molecular complexity index is 302. The molecule has 2 heterocycles. The fraction of sp³-hybridized carbons (Fsp3) is 0.938. The Balaban J connectivity index is 1.69. The predicted octanol–water partition coefficient (Wildman–Crippen LogP) is 1.88. The summed E-state index contributed by atoms with van der Waals surface area (Å²) in [4.78, 5) is 14.7. The van der Waals surface area contributed by atoms with Crippen molar-refractivity contribution in [2.45, 2.75) is 70.4 Å². The van der Waals surface area contributed by atoms with Gasteiger partial charge in [-0.05, 0) is 51.1 Å². The molecule has 3 atom stereocenters. The summed E-state index contributed by atoms with van der Waals surface area (Å²) in [5, 5.41) is 3.28. The number of nitrogens with zero attached hydrogens (tertiary/aromatic N) is 1. The van der Waals surface area contributed by atoms with Crippen molar-refractivity contribution in [3.05, 3.63) is 0 Å². The van der Waals surface area contributed by atoms with E-state index < -0.39 is 0 Å². The fourth-order valence-electron chi connectivity index (χ4n) is 3.94. The number of fused-ring (bicyclic) bond motifs is 1. The van der Waals surface area contributed by atoms with Crippen molar-refractivity contribution >= 4 is 5.91 Å². The third-order valence-corrected chi connectivity index (χ3v) is 5.00. The molecule has 2 aliphatic rings. The topological polar surface area (TPSA) is 58.4 Å². The molecule has 0 aromatic heterocycles. The molecule has 0 saturated carbocycles. The third kappa shape index (κ3) is 4.19. The average molecular weight is 281 g/mol. The molecular formula is C16H31N3O. The van der Waals surface area contributed by atoms with Crippen LogP contribution in [0, 0.1) is 5.92 Å². The molecule has 20 heavy (non-hydrogen) atoms. The van der Waals surface area contributed by atoms with Gasteiger partial charge < -0.3 is 11.1 Å². The van der Waals surface area contributed by atoms with Gasteiger partial charge >= 0.3 is 0 Å². The van der Waals surface area contributed by atoms with Crippen LogP contribution < -0.4 is 11.1 Å². The van der Waals surface area contributed by atoms with E-state index >= 15 is 0 Å². The molecule has 3 N–H and O–H groups in total. The molecule has 2 saturated heterocycles. The summed E-state index contributed by atoms with van der Waals surface area (Å²) in [6, 6.07) is 1.03. The molecule has 2 fully saturated rings. The van der Waals surface area contributed by atoms with Crippen LogP contribution in [0.2, 0.25) is 0 Å². The Kier molecular flexibility index (Phi) is 6.30. The van der Waals surface area contributed by atoms with E-state index in [4.69, 9.17) is 5.73 Å². The Morgan fingerprint density at radius 1 is 1.30 bits per heavy atom. The number of rotatable bonds is 8. The molecule has 4 heteroatoms. The zero-order chi connectivity index (χ0) is 14.4. The van der Waals surface area contributed by atoms with Crippen molar-refractivity contribution in [2.75, 3.05) is 19.6 Å². The lowest BCUT2D eigenvalue weighted by atomic mass is 9.94. The second kappa shape index (κ2) is 7.99. The number of nitrogens with two attached hydrogens (primary N) is 1. The Hall–Kier alpha value is -0.610. The highest BCUT2D eigenvalue weighted by atomic mass is 16.1. The van der Waals surface area contributed by atoms with Crippen molar-refractivity contribution in [3.8, 4) is 0 Å². The summed E-state index contributed by atoms with van der Waals surface area (Å²) in [7, 11) is 0. The monoisotopic (exact) mass is 281 g/mol. The van der Waals surface area contributed by atoms with Crippen molar-refractivity contribution in [3.63, 3.8) is 0 Å². The molecule has 0 aromatic rings. The smallest absolute Gasteiger partial charge is 0.220 e. The lowest BCUT2D eigenvalue weighted by Gasteiger charge is -2.22. The van der Waals surface area contributed by atoms with Crippen molar-refractivity contribution in [2.24, 2.45) is 11.7 Å². The highest BCUT2D eigenvalue weighted by molar-refractivity contribution is 5.76. The summed E-state index contributed by atoms with van der Waals surface area (Å²) >= 11 is 0. The number of amides is 1. The van der Waals surface area contributed by atoms with Gasteiger partial charge in [0.15, 0.2) is 0 Å². The van der Waals surface area contributed by atoms with Crippen LogP contribution in [0.5, 0.6) is 0 Å². The molecule has 0 spiro atoms. The molecule has 0 aliphatic carbocycles. The Morgan fingerprint density at radius 3 is 2.90 bits per heavy atom. The first-order valence-electron chi connectivity index (χ1n) is 8.48. The first-order chi connectivity index (χ1) is 9.74. The van der Waals surface area contributed by atoms with E-state index in [1.807, 2.05) is 0 Å². The SMILES string of the molecule is CCCC(CCN)CCC(=O)NC1CCN2CCCC12. The van der Waals surface area contributed by atoms with Crippen molar-refractivity contribution in [1.29, 1.82) is 0 Å². The molecular weight excluding hydrogens is 250 g/mol. The zero-order valence-electron chi connectivity index (χ0n) is 12.9. The van der Waals surface area contributed by atoms with Crippen LogP contribution in [0.3, 0.4) is 0 Å². The van der Waals surface area contributed by atoms with Gasteiger partial charge in [0.2, 0.25) is 5.91 Å². The van der Waals surface area contributed by atoms with Gasteiger partial charge in [0, 0.05) is 25.0 Å². The van der Waals surface area contributed by atoms with E-state index in [2.05, 4.69) is 17.1 Å². The Labute approximate surface area is 123 Å². The minimum Gasteiger partial charge on any atom is -0.352 e. The minimum atomic E-state index is 0.252. The number of carbonyl (C=O) groups is 1. The summed E-state index contributed by atoms with van der Waals surface area (Å²) in [5.74, 6) is 0.879. The molecule has 1 amide bonds. The van der Waals surface area contributed by atoms with E-state index in [1.165, 1.54) is 38.8 Å². The van der Waals surface area contributed by atoms with Crippen LogP contribution in [0.15, 0.2) is 0 Å². The van der Waals surface area contributed by atoms with Crippen LogP contribution in [0.25, 0.3) is 0 Å². The van der Waals surface area contributed by atoms with Gasteiger partial charge in [0.25, 0.3) is 0 Å². The maximum atomic E-state index is 12.1. The van der Waals surface area contributed by atoms with E-state index in [9.17, 15) is 4.79 Å². The molecule has 3 unspecified atom stereocenters. The largest absolute Gasteiger partial charge is 0.352 e. The molecule has 2 rings (SSSR count). The average Bonchev–Trinajstić information content (AvgIpc) is 3.02. The minimum absolute atomic E-state index is 0.252. The molecule has 0 bridgehead atoms. The molecule has 4 nitrogen and oxygen atoms in total. The number of carbonyl (C=O) groups excluding carboxylic acids is 1. The Morgan fingerprint density at radius 2 is 2.15 bits per heavy atom. The lowest BCUT2D eigenvalue weighted by Crippen LogP contribution is -2.42. The van der Waals surface area contributed by atoms with Gasteiger partial charge in [-0.2, -0.15) is 0 Å². The van der Waals surface area contributed by atoms with Crippen molar-refractivity contribution in [1.82, 2.24) is 10.2 Å². The first kappa shape index (κ1) is 15.8. The fourth-order valence-corrected chi connectivity index (χ4v) is 3.94. The van der Waals surface area contributed by atoms with Crippen LogP contribution in [0.1, 0.15) is 58.3 Å². The van der Waals surface area contributed by atoms with Crippen LogP contribution in [0.4, 0.5) is 0 Å². The quantitative estimate of drug-likeness (QED) is 0.714. The van der Waals surface area contributed by atoms with Crippen LogP contribution in [-0.4, -0.2) is 42.5 Å². The van der Waals surface area contributed by atoms with Gasteiger partial charge in [-0.15, -0.1) is 0 Å². The second-order valence-electron chi connectivity index (χ2n) is 6.48. The van der Waals surface area contributed by atoms with Gasteiger partial charge in [0.05, 0.1) is 0 Å². The van der Waals surface area contributed by atoms with Gasteiger partial charge in [-0.25, -0.2) is 0 Å².